The lowest BCUT2D eigenvalue weighted by molar-refractivity contribution is -0.124. The van der Waals surface area contributed by atoms with E-state index in [9.17, 15) is 10.1 Å². The summed E-state index contributed by atoms with van der Waals surface area (Å²) in [6.45, 7) is 5.08. The van der Waals surface area contributed by atoms with Crippen molar-refractivity contribution in [1.29, 1.82) is 5.26 Å². The van der Waals surface area contributed by atoms with E-state index in [0.29, 0.717) is 43.0 Å². The van der Waals surface area contributed by atoms with Gasteiger partial charge in [0.1, 0.15) is 11.5 Å². The molecule has 2 atom stereocenters. The molecule has 0 saturated heterocycles. The van der Waals surface area contributed by atoms with Crippen molar-refractivity contribution in [3.8, 4) is 6.07 Å². The number of ketones is 1. The van der Waals surface area contributed by atoms with Gasteiger partial charge in [-0.15, -0.1) is 0 Å². The Balaban J connectivity index is 2.06. The largest absolute Gasteiger partial charge is 0.448 e. The third kappa shape index (κ3) is 3.41. The number of carbonyl (C=O) groups is 1. The van der Waals surface area contributed by atoms with E-state index >= 15 is 0 Å². The van der Waals surface area contributed by atoms with Crippen LogP contribution in [-0.4, -0.2) is 36.2 Å². The molecule has 1 fully saturated rings. The van der Waals surface area contributed by atoms with E-state index in [0.717, 1.165) is 5.71 Å². The monoisotopic (exact) mass is 342 g/mol. The first kappa shape index (κ1) is 17.5. The van der Waals surface area contributed by atoms with Crippen molar-refractivity contribution in [2.75, 3.05) is 19.8 Å². The number of aromatic nitrogens is 1. The van der Waals surface area contributed by atoms with Gasteiger partial charge in [0, 0.05) is 18.7 Å². The van der Waals surface area contributed by atoms with Crippen LogP contribution in [0.4, 0.5) is 0 Å². The summed E-state index contributed by atoms with van der Waals surface area (Å²) in [6.07, 6.45) is 4.04. The zero-order chi connectivity index (χ0) is 18.0. The number of aliphatic imine (C=N–C) groups is 1. The Kier molecular flexibility index (Phi) is 4.84. The number of nitriles is 1. The Morgan fingerprint density at radius 3 is 2.88 bits per heavy atom. The third-order valence-corrected chi connectivity index (χ3v) is 4.63. The molecule has 0 aromatic carbocycles. The van der Waals surface area contributed by atoms with Crippen molar-refractivity contribution < 1.29 is 13.9 Å². The first-order valence-corrected chi connectivity index (χ1v) is 8.36. The van der Waals surface area contributed by atoms with Gasteiger partial charge >= 0.3 is 0 Å². The van der Waals surface area contributed by atoms with E-state index in [-0.39, 0.29) is 17.8 Å². The van der Waals surface area contributed by atoms with Crippen LogP contribution in [0, 0.1) is 22.7 Å². The minimum absolute atomic E-state index is 0.0890. The molecule has 1 aromatic heterocycles. The molecular formula is C18H22N4O3. The van der Waals surface area contributed by atoms with Crippen molar-refractivity contribution in [3.63, 3.8) is 0 Å². The maximum atomic E-state index is 12.9. The molecule has 7 nitrogen and oxygen atoms in total. The van der Waals surface area contributed by atoms with Crippen LogP contribution in [0.3, 0.4) is 0 Å². The Hall–Kier alpha value is -2.30. The Morgan fingerprint density at radius 2 is 2.24 bits per heavy atom. The fraction of sp³-hybridized carbons (Fsp3) is 0.556. The highest BCUT2D eigenvalue weighted by Crippen LogP contribution is 2.46. The van der Waals surface area contributed by atoms with E-state index < -0.39 is 11.8 Å². The van der Waals surface area contributed by atoms with Gasteiger partial charge in [0.2, 0.25) is 0 Å². The predicted octanol–water partition coefficient (Wildman–Crippen LogP) is 1.97. The molecule has 0 amide bonds. The zero-order valence-corrected chi connectivity index (χ0v) is 14.5. The zero-order valence-electron chi connectivity index (χ0n) is 14.5. The summed E-state index contributed by atoms with van der Waals surface area (Å²) in [5, 5.41) is 9.74. The topological polar surface area (TPSA) is 114 Å². The van der Waals surface area contributed by atoms with Crippen LogP contribution in [0.15, 0.2) is 33.3 Å². The number of nitrogens with zero attached hydrogens (tertiary/aromatic N) is 3. The van der Waals surface area contributed by atoms with Gasteiger partial charge in [-0.3, -0.25) is 9.79 Å². The molecule has 1 aromatic rings. The lowest BCUT2D eigenvalue weighted by atomic mass is 9.64. The van der Waals surface area contributed by atoms with Gasteiger partial charge in [-0.1, -0.05) is 13.8 Å². The summed E-state index contributed by atoms with van der Waals surface area (Å²) < 4.78 is 11.0. The van der Waals surface area contributed by atoms with Crippen LogP contribution in [0.1, 0.15) is 38.4 Å². The van der Waals surface area contributed by atoms with Crippen molar-refractivity contribution in [1.82, 2.24) is 4.98 Å². The average Bonchev–Trinajstić information content (AvgIpc) is 3.06. The van der Waals surface area contributed by atoms with E-state index in [1.54, 1.807) is 6.20 Å². The van der Waals surface area contributed by atoms with E-state index in [2.05, 4.69) is 29.9 Å². The number of oxazole rings is 1. The van der Waals surface area contributed by atoms with Crippen LogP contribution in [0.2, 0.25) is 0 Å². The van der Waals surface area contributed by atoms with Crippen molar-refractivity contribution in [2.45, 2.75) is 32.6 Å². The number of fused-ring (bicyclic) bond motifs is 1. The van der Waals surface area contributed by atoms with E-state index in [4.69, 9.17) is 14.9 Å². The van der Waals surface area contributed by atoms with Gasteiger partial charge in [-0.25, -0.2) is 4.98 Å². The fourth-order valence-electron chi connectivity index (χ4n) is 3.68. The summed E-state index contributed by atoms with van der Waals surface area (Å²) >= 11 is 0. The number of Topliss-reactive ketones (excluding diaryl/α,β-unsaturated/α-hetero) is 1. The summed E-state index contributed by atoms with van der Waals surface area (Å²) in [7, 11) is 0. The molecule has 25 heavy (non-hydrogen) atoms. The molecule has 2 unspecified atom stereocenters. The summed E-state index contributed by atoms with van der Waals surface area (Å²) in [5.41, 5.74) is 7.08. The minimum atomic E-state index is -0.486. The molecule has 1 saturated carbocycles. The second kappa shape index (κ2) is 6.90. The maximum absolute atomic E-state index is 12.9. The summed E-state index contributed by atoms with van der Waals surface area (Å²) in [5.74, 6) is -0.349. The van der Waals surface area contributed by atoms with Crippen LogP contribution in [-0.2, 0) is 9.53 Å². The molecule has 0 spiro atoms. The van der Waals surface area contributed by atoms with Crippen molar-refractivity contribution >= 4 is 11.5 Å². The normalized spacial score (nSPS) is 25.4. The second-order valence-corrected chi connectivity index (χ2v) is 7.26. The lowest BCUT2D eigenvalue weighted by Crippen LogP contribution is -2.43. The molecule has 2 heterocycles. The molecule has 0 radical (unpaired) electrons. The highest BCUT2D eigenvalue weighted by atomic mass is 16.5. The van der Waals surface area contributed by atoms with Crippen molar-refractivity contribution in [3.05, 3.63) is 29.6 Å². The first-order valence-electron chi connectivity index (χ1n) is 8.36. The number of allylic oxidation sites excluding steroid dienone is 1. The molecule has 0 bridgehead atoms. The quantitative estimate of drug-likeness (QED) is 0.818. The fourth-order valence-corrected chi connectivity index (χ4v) is 3.68. The van der Waals surface area contributed by atoms with Crippen LogP contribution in [0.5, 0.6) is 0 Å². The van der Waals surface area contributed by atoms with Crippen LogP contribution < -0.4 is 5.73 Å². The number of carbonyl (C=O) groups excluding carboxylic acids is 1. The molecule has 1 aliphatic heterocycles. The number of rotatable bonds is 5. The van der Waals surface area contributed by atoms with Gasteiger partial charge in [0.05, 0.1) is 48.6 Å². The second-order valence-electron chi connectivity index (χ2n) is 7.26. The van der Waals surface area contributed by atoms with Gasteiger partial charge in [0.25, 0.3) is 0 Å². The SMILES string of the molecule is CC1(C)CC(=O)C2C(=NC(COCCN)=C(C#N)C2c2cnco2)C1. The highest BCUT2D eigenvalue weighted by Gasteiger charge is 2.47. The molecule has 1 aliphatic carbocycles. The maximum Gasteiger partial charge on any atom is 0.180 e. The van der Waals surface area contributed by atoms with Crippen LogP contribution >= 0.6 is 0 Å². The first-order chi connectivity index (χ1) is 12.0. The summed E-state index contributed by atoms with van der Waals surface area (Å²) in [4.78, 5) is 21.5. The number of hydrogen-bond donors (Lipinski definition) is 1. The van der Waals surface area contributed by atoms with Gasteiger partial charge in [-0.2, -0.15) is 5.26 Å². The third-order valence-electron chi connectivity index (χ3n) is 4.63. The van der Waals surface area contributed by atoms with Gasteiger partial charge < -0.3 is 14.9 Å². The summed E-state index contributed by atoms with van der Waals surface area (Å²) in [6, 6.07) is 2.21. The molecular weight excluding hydrogens is 320 g/mol. The van der Waals surface area contributed by atoms with Crippen molar-refractivity contribution in [2.24, 2.45) is 22.1 Å². The van der Waals surface area contributed by atoms with Gasteiger partial charge in [0.15, 0.2) is 6.39 Å². The predicted molar refractivity (Wildman–Crippen MR) is 90.7 cm³/mol. The molecule has 132 valence electrons. The smallest absolute Gasteiger partial charge is 0.180 e. The highest BCUT2D eigenvalue weighted by molar-refractivity contribution is 6.10. The number of ether oxygens (including phenoxy) is 1. The number of hydrogen-bond acceptors (Lipinski definition) is 7. The Morgan fingerprint density at radius 1 is 1.44 bits per heavy atom. The standard InChI is InChI=1S/C18H22N4O3/c1-18(2)5-12-17(14(23)6-18)16(15-8-21-10-25-15)11(7-20)13(22-12)9-24-4-3-19/h8,10,16-17H,3-6,9,19H2,1-2H3. The molecule has 7 heteroatoms. The average molecular weight is 342 g/mol. The Bertz CT molecular complexity index is 756. The minimum Gasteiger partial charge on any atom is -0.448 e. The lowest BCUT2D eigenvalue weighted by Gasteiger charge is -2.39. The Labute approximate surface area is 146 Å². The molecule has 2 N–H and O–H groups in total. The van der Waals surface area contributed by atoms with Crippen LogP contribution in [0.25, 0.3) is 0 Å². The van der Waals surface area contributed by atoms with E-state index in [1.807, 2.05) is 0 Å². The molecule has 3 rings (SSSR count). The van der Waals surface area contributed by atoms with E-state index in [1.165, 1.54) is 6.39 Å². The molecule has 2 aliphatic rings. The van der Waals surface area contributed by atoms with Gasteiger partial charge in [-0.05, 0) is 11.8 Å². The number of nitrogens with two attached hydrogens (primary N) is 1.